The second-order valence-corrected chi connectivity index (χ2v) is 4.90. The van der Waals surface area contributed by atoms with Crippen molar-refractivity contribution in [2.75, 3.05) is 20.1 Å². The third-order valence-corrected chi connectivity index (χ3v) is 2.88. The number of likely N-dealkylation sites (N-methyl/N-ethyl adjacent to an activating group) is 1. The number of rotatable bonds is 2. The van der Waals surface area contributed by atoms with Gasteiger partial charge in [0.2, 0.25) is 0 Å². The first-order valence-corrected chi connectivity index (χ1v) is 5.42. The highest BCUT2D eigenvalue weighted by atomic mass is 32.2. The first-order valence-electron chi connectivity index (χ1n) is 4.01. The van der Waals surface area contributed by atoms with Crippen LogP contribution in [0, 0.1) is 0 Å². The van der Waals surface area contributed by atoms with E-state index in [1.807, 2.05) is 0 Å². The molecule has 4 nitrogen and oxygen atoms in total. The van der Waals surface area contributed by atoms with E-state index in [2.05, 4.69) is 4.18 Å². The maximum Gasteiger partial charge on any atom is 0.534 e. The Morgan fingerprint density at radius 2 is 1.87 bits per heavy atom. The second-order valence-electron chi connectivity index (χ2n) is 3.36. The molecule has 0 unspecified atom stereocenters. The fourth-order valence-corrected chi connectivity index (χ4v) is 1.76. The maximum absolute atomic E-state index is 12.0. The standard InChI is InChI=1S/C7H10F3NO3S/c1-5-3-11(2)4-6(5)14-15(12,13)7(8,9)10/h3-4H2,1-2H3. The molecule has 0 aromatic heterocycles. The third kappa shape index (κ3) is 2.63. The predicted molar refractivity (Wildman–Crippen MR) is 46.3 cm³/mol. The van der Waals surface area contributed by atoms with Crippen LogP contribution in [0.1, 0.15) is 6.92 Å². The summed E-state index contributed by atoms with van der Waals surface area (Å²) in [5, 5.41) is 0. The Bertz CT molecular complexity index is 385. The Hall–Kier alpha value is -0.760. The molecule has 0 aromatic carbocycles. The van der Waals surface area contributed by atoms with Crippen LogP contribution in [0.3, 0.4) is 0 Å². The molecule has 1 aliphatic rings. The normalized spacial score (nSPS) is 19.8. The average Bonchev–Trinajstić information content (AvgIpc) is 2.26. The summed E-state index contributed by atoms with van der Waals surface area (Å²) in [6.45, 7) is 2.01. The minimum atomic E-state index is -5.52. The molecule has 0 fully saturated rings. The first kappa shape index (κ1) is 12.3. The Kier molecular flexibility index (Phi) is 3.01. The molecule has 0 atom stereocenters. The van der Waals surface area contributed by atoms with Crippen LogP contribution in [0.15, 0.2) is 11.3 Å². The molecule has 1 rings (SSSR count). The fraction of sp³-hybridized carbons (Fsp3) is 0.714. The summed E-state index contributed by atoms with van der Waals surface area (Å²) in [6, 6.07) is 0. The highest BCUT2D eigenvalue weighted by Gasteiger charge is 2.49. The summed E-state index contributed by atoms with van der Waals surface area (Å²) >= 11 is 0. The third-order valence-electron chi connectivity index (χ3n) is 1.89. The van der Waals surface area contributed by atoms with Gasteiger partial charge >= 0.3 is 15.6 Å². The van der Waals surface area contributed by atoms with Crippen LogP contribution in [0.2, 0.25) is 0 Å². The van der Waals surface area contributed by atoms with Crippen molar-refractivity contribution in [1.29, 1.82) is 0 Å². The molecule has 0 N–H and O–H groups in total. The van der Waals surface area contributed by atoms with Gasteiger partial charge in [-0.3, -0.25) is 4.90 Å². The zero-order chi connectivity index (χ0) is 11.9. The molecule has 0 aromatic rings. The smallest absolute Gasteiger partial charge is 0.379 e. The van der Waals surface area contributed by atoms with E-state index < -0.39 is 15.6 Å². The van der Waals surface area contributed by atoms with Gasteiger partial charge in [0.1, 0.15) is 5.76 Å². The first-order chi connectivity index (χ1) is 6.63. The molecule has 15 heavy (non-hydrogen) atoms. The van der Waals surface area contributed by atoms with Crippen molar-refractivity contribution in [3.8, 4) is 0 Å². The van der Waals surface area contributed by atoms with Gasteiger partial charge in [0.05, 0.1) is 6.54 Å². The summed E-state index contributed by atoms with van der Waals surface area (Å²) in [5.74, 6) is -0.144. The Morgan fingerprint density at radius 1 is 1.33 bits per heavy atom. The zero-order valence-corrected chi connectivity index (χ0v) is 8.94. The summed E-state index contributed by atoms with van der Waals surface area (Å²) in [7, 11) is -3.87. The molecule has 0 aliphatic carbocycles. The highest BCUT2D eigenvalue weighted by molar-refractivity contribution is 7.87. The van der Waals surface area contributed by atoms with Gasteiger partial charge in [-0.15, -0.1) is 0 Å². The molecule has 0 saturated carbocycles. The lowest BCUT2D eigenvalue weighted by atomic mass is 10.3. The molecule has 0 amide bonds. The van der Waals surface area contributed by atoms with Crippen LogP contribution in [0.5, 0.6) is 0 Å². The quantitative estimate of drug-likeness (QED) is 0.539. The Balaban J connectivity index is 2.85. The van der Waals surface area contributed by atoms with E-state index >= 15 is 0 Å². The second kappa shape index (κ2) is 3.67. The number of nitrogens with zero attached hydrogens (tertiary/aromatic N) is 1. The van der Waals surface area contributed by atoms with Gasteiger partial charge in [-0.2, -0.15) is 21.6 Å². The number of hydrogen-bond acceptors (Lipinski definition) is 4. The van der Waals surface area contributed by atoms with Crippen LogP contribution in [0.25, 0.3) is 0 Å². The van der Waals surface area contributed by atoms with Crippen LogP contribution < -0.4 is 0 Å². The van der Waals surface area contributed by atoms with E-state index in [9.17, 15) is 21.6 Å². The topological polar surface area (TPSA) is 46.6 Å². The van der Waals surface area contributed by atoms with Gasteiger partial charge in [-0.05, 0) is 19.5 Å². The van der Waals surface area contributed by atoms with Crippen LogP contribution >= 0.6 is 0 Å². The molecular weight excluding hydrogens is 235 g/mol. The van der Waals surface area contributed by atoms with Gasteiger partial charge in [0.15, 0.2) is 0 Å². The van der Waals surface area contributed by atoms with E-state index in [1.165, 1.54) is 6.92 Å². The maximum atomic E-state index is 12.0. The highest BCUT2D eigenvalue weighted by Crippen LogP contribution is 2.29. The summed E-state index contributed by atoms with van der Waals surface area (Å²) in [4.78, 5) is 1.65. The van der Waals surface area contributed by atoms with Gasteiger partial charge in [-0.25, -0.2) is 0 Å². The number of alkyl halides is 3. The molecule has 1 aliphatic heterocycles. The largest absolute Gasteiger partial charge is 0.534 e. The minimum absolute atomic E-state index is 0.0706. The minimum Gasteiger partial charge on any atom is -0.379 e. The Morgan fingerprint density at radius 3 is 2.20 bits per heavy atom. The fourth-order valence-electron chi connectivity index (χ4n) is 1.21. The van der Waals surface area contributed by atoms with E-state index in [0.717, 1.165) is 0 Å². The van der Waals surface area contributed by atoms with E-state index in [0.29, 0.717) is 12.1 Å². The molecular formula is C7H10F3NO3S. The lowest BCUT2D eigenvalue weighted by molar-refractivity contribution is -0.0523. The van der Waals surface area contributed by atoms with Gasteiger partial charge in [-0.1, -0.05) is 0 Å². The van der Waals surface area contributed by atoms with Gasteiger partial charge < -0.3 is 4.18 Å². The summed E-state index contributed by atoms with van der Waals surface area (Å²) in [6.07, 6.45) is 0. The average molecular weight is 245 g/mol. The molecule has 88 valence electrons. The summed E-state index contributed by atoms with van der Waals surface area (Å²) in [5.41, 5.74) is -4.88. The van der Waals surface area contributed by atoms with Crippen molar-refractivity contribution in [2.24, 2.45) is 0 Å². The van der Waals surface area contributed by atoms with E-state index in [1.54, 1.807) is 11.9 Å². The summed E-state index contributed by atoms with van der Waals surface area (Å²) < 4.78 is 61.2. The zero-order valence-electron chi connectivity index (χ0n) is 8.13. The van der Waals surface area contributed by atoms with Gasteiger partial charge in [0, 0.05) is 6.54 Å². The number of halogens is 3. The van der Waals surface area contributed by atoms with Crippen molar-refractivity contribution >= 4 is 10.1 Å². The van der Waals surface area contributed by atoms with E-state index in [4.69, 9.17) is 0 Å². The van der Waals surface area contributed by atoms with E-state index in [-0.39, 0.29) is 12.3 Å². The van der Waals surface area contributed by atoms with Crippen LogP contribution in [0.4, 0.5) is 13.2 Å². The number of hydrogen-bond donors (Lipinski definition) is 0. The van der Waals surface area contributed by atoms with Crippen LogP contribution in [-0.2, 0) is 14.3 Å². The lowest BCUT2D eigenvalue weighted by Gasteiger charge is -2.11. The molecule has 0 spiro atoms. The van der Waals surface area contributed by atoms with Gasteiger partial charge in [0.25, 0.3) is 0 Å². The molecule has 1 heterocycles. The van der Waals surface area contributed by atoms with Crippen molar-refractivity contribution in [2.45, 2.75) is 12.4 Å². The van der Waals surface area contributed by atoms with Crippen LogP contribution in [-0.4, -0.2) is 39.0 Å². The molecule has 0 bridgehead atoms. The molecule has 8 heteroatoms. The predicted octanol–water partition coefficient (Wildman–Crippen LogP) is 1.07. The molecule has 0 saturated heterocycles. The van der Waals surface area contributed by atoms with Crippen molar-refractivity contribution in [1.82, 2.24) is 4.90 Å². The van der Waals surface area contributed by atoms with Crippen molar-refractivity contribution in [3.63, 3.8) is 0 Å². The van der Waals surface area contributed by atoms with Crippen molar-refractivity contribution < 1.29 is 25.8 Å². The van der Waals surface area contributed by atoms with Crippen molar-refractivity contribution in [3.05, 3.63) is 11.3 Å². The molecule has 0 radical (unpaired) electrons. The monoisotopic (exact) mass is 245 g/mol. The SMILES string of the molecule is CC1=C(OS(=O)(=O)C(F)(F)F)CN(C)C1. The Labute approximate surface area is 85.4 Å². The lowest BCUT2D eigenvalue weighted by Crippen LogP contribution is -2.26.